The van der Waals surface area contributed by atoms with Crippen LogP contribution in [0.4, 0.5) is 0 Å². The summed E-state index contributed by atoms with van der Waals surface area (Å²) in [5, 5.41) is 3.81. The molecule has 0 spiro atoms. The van der Waals surface area contributed by atoms with E-state index in [-0.39, 0.29) is 0 Å². The molecule has 3 nitrogen and oxygen atoms in total. The van der Waals surface area contributed by atoms with Gasteiger partial charge in [0.15, 0.2) is 0 Å². The van der Waals surface area contributed by atoms with Gasteiger partial charge in [-0.3, -0.25) is 9.11 Å². The van der Waals surface area contributed by atoms with Crippen molar-refractivity contribution < 1.29 is 4.21 Å². The summed E-state index contributed by atoms with van der Waals surface area (Å²) in [5.41, 5.74) is 0.308. The van der Waals surface area contributed by atoms with Gasteiger partial charge in [-0.05, 0) is 32.1 Å². The Balaban J connectivity index is 2.07. The van der Waals surface area contributed by atoms with Crippen molar-refractivity contribution in [3.05, 3.63) is 0 Å². The van der Waals surface area contributed by atoms with Crippen LogP contribution in [0.25, 0.3) is 0 Å². The molecule has 4 heteroatoms. The summed E-state index contributed by atoms with van der Waals surface area (Å²) in [7, 11) is -0.544. The van der Waals surface area contributed by atoms with E-state index >= 15 is 0 Å². The normalized spacial score (nSPS) is 36.3. The highest BCUT2D eigenvalue weighted by atomic mass is 32.2. The lowest BCUT2D eigenvalue weighted by Gasteiger charge is -2.51. The minimum Gasteiger partial charge on any atom is -0.308 e. The fourth-order valence-corrected chi connectivity index (χ4v) is 4.90. The zero-order chi connectivity index (χ0) is 13.9. The Labute approximate surface area is 121 Å². The second kappa shape index (κ2) is 6.68. The van der Waals surface area contributed by atoms with Gasteiger partial charge in [0.05, 0.1) is 0 Å². The number of nitrogens with one attached hydrogen (secondary N) is 1. The lowest BCUT2D eigenvalue weighted by Crippen LogP contribution is -2.66. The quantitative estimate of drug-likeness (QED) is 0.859. The van der Waals surface area contributed by atoms with E-state index in [0.29, 0.717) is 17.6 Å². The Morgan fingerprint density at radius 1 is 1.21 bits per heavy atom. The van der Waals surface area contributed by atoms with E-state index in [1.165, 1.54) is 25.8 Å². The summed E-state index contributed by atoms with van der Waals surface area (Å²) < 4.78 is 11.6. The van der Waals surface area contributed by atoms with Crippen LogP contribution in [0.1, 0.15) is 52.9 Å². The van der Waals surface area contributed by atoms with Gasteiger partial charge in [0.25, 0.3) is 0 Å². The molecule has 2 saturated heterocycles. The van der Waals surface area contributed by atoms with Crippen LogP contribution >= 0.6 is 0 Å². The molecule has 19 heavy (non-hydrogen) atoms. The standard InChI is InChI=1S/C15H30N2OS/c1-4-13-11-16-15(5-2,6-3)12-17(13)14-7-9-19(18)10-8-14/h13-14,16H,4-12H2,1-3H3. The second-order valence-corrected chi connectivity index (χ2v) is 7.88. The third-order valence-corrected chi connectivity index (χ3v) is 6.70. The van der Waals surface area contributed by atoms with E-state index in [4.69, 9.17) is 0 Å². The van der Waals surface area contributed by atoms with Crippen molar-refractivity contribution in [2.45, 2.75) is 70.5 Å². The Morgan fingerprint density at radius 2 is 1.84 bits per heavy atom. The smallest absolute Gasteiger partial charge is 0.0304 e. The van der Waals surface area contributed by atoms with Gasteiger partial charge in [-0.15, -0.1) is 0 Å². The van der Waals surface area contributed by atoms with Gasteiger partial charge in [0.2, 0.25) is 0 Å². The van der Waals surface area contributed by atoms with Gasteiger partial charge in [0, 0.05) is 53.0 Å². The molecule has 112 valence electrons. The van der Waals surface area contributed by atoms with Gasteiger partial charge >= 0.3 is 0 Å². The van der Waals surface area contributed by atoms with E-state index in [2.05, 4.69) is 31.0 Å². The minimum atomic E-state index is -0.544. The van der Waals surface area contributed by atoms with Crippen molar-refractivity contribution in [2.75, 3.05) is 24.6 Å². The molecular weight excluding hydrogens is 256 g/mol. The average Bonchev–Trinajstić information content (AvgIpc) is 2.47. The lowest BCUT2D eigenvalue weighted by atomic mass is 9.86. The molecule has 0 radical (unpaired) electrons. The van der Waals surface area contributed by atoms with E-state index in [0.717, 1.165) is 30.9 Å². The van der Waals surface area contributed by atoms with Crippen LogP contribution < -0.4 is 5.32 Å². The van der Waals surface area contributed by atoms with Crippen LogP contribution in [-0.2, 0) is 10.8 Å². The van der Waals surface area contributed by atoms with Crippen LogP contribution in [0.3, 0.4) is 0 Å². The molecule has 1 N–H and O–H groups in total. The minimum absolute atomic E-state index is 0.308. The molecule has 0 aromatic heterocycles. The molecule has 0 amide bonds. The molecule has 2 fully saturated rings. The SMILES string of the molecule is CCC1CNC(CC)(CC)CN1C1CCS(=O)CC1. The zero-order valence-electron chi connectivity index (χ0n) is 12.8. The van der Waals surface area contributed by atoms with Crippen LogP contribution in [0.15, 0.2) is 0 Å². The molecular formula is C15H30N2OS. The molecule has 0 aliphatic carbocycles. The molecule has 0 aromatic carbocycles. The number of rotatable bonds is 4. The Bertz CT molecular complexity index is 307. The van der Waals surface area contributed by atoms with Crippen molar-refractivity contribution in [3.63, 3.8) is 0 Å². The Morgan fingerprint density at radius 3 is 2.37 bits per heavy atom. The molecule has 2 aliphatic rings. The molecule has 1 unspecified atom stereocenters. The van der Waals surface area contributed by atoms with Crippen molar-refractivity contribution in [1.29, 1.82) is 0 Å². The molecule has 2 rings (SSSR count). The lowest BCUT2D eigenvalue weighted by molar-refractivity contribution is 0.0314. The number of nitrogens with zero attached hydrogens (tertiary/aromatic N) is 1. The molecule has 2 aliphatic heterocycles. The highest BCUT2D eigenvalue weighted by Gasteiger charge is 2.39. The van der Waals surface area contributed by atoms with Gasteiger partial charge in [-0.25, -0.2) is 0 Å². The maximum atomic E-state index is 11.6. The first kappa shape index (κ1) is 15.5. The third kappa shape index (κ3) is 3.40. The van der Waals surface area contributed by atoms with Gasteiger partial charge in [0.1, 0.15) is 0 Å². The fourth-order valence-electron chi connectivity index (χ4n) is 3.63. The van der Waals surface area contributed by atoms with Gasteiger partial charge in [-0.2, -0.15) is 0 Å². The highest BCUT2D eigenvalue weighted by Crippen LogP contribution is 2.28. The monoisotopic (exact) mass is 286 g/mol. The van der Waals surface area contributed by atoms with Crippen molar-refractivity contribution >= 4 is 10.8 Å². The number of piperazine rings is 1. The maximum absolute atomic E-state index is 11.6. The van der Waals surface area contributed by atoms with Crippen LogP contribution in [-0.4, -0.2) is 51.3 Å². The molecule has 0 aromatic rings. The predicted molar refractivity (Wildman–Crippen MR) is 83.0 cm³/mol. The molecule has 1 atom stereocenters. The van der Waals surface area contributed by atoms with Crippen LogP contribution in [0.2, 0.25) is 0 Å². The second-order valence-electron chi connectivity index (χ2n) is 6.18. The molecule has 0 bridgehead atoms. The van der Waals surface area contributed by atoms with Crippen molar-refractivity contribution in [1.82, 2.24) is 10.2 Å². The Kier molecular flexibility index (Phi) is 5.44. The summed E-state index contributed by atoms with van der Waals surface area (Å²) in [4.78, 5) is 2.75. The first-order valence-electron chi connectivity index (χ1n) is 8.00. The first-order chi connectivity index (χ1) is 9.14. The van der Waals surface area contributed by atoms with E-state index in [1.807, 2.05) is 0 Å². The molecule has 2 heterocycles. The van der Waals surface area contributed by atoms with E-state index < -0.39 is 10.8 Å². The number of hydrogen-bond acceptors (Lipinski definition) is 3. The summed E-state index contributed by atoms with van der Waals surface area (Å²) in [6.07, 6.45) is 5.89. The van der Waals surface area contributed by atoms with Crippen LogP contribution in [0, 0.1) is 0 Å². The van der Waals surface area contributed by atoms with Crippen LogP contribution in [0.5, 0.6) is 0 Å². The summed E-state index contributed by atoms with van der Waals surface area (Å²) in [5.74, 6) is 1.83. The van der Waals surface area contributed by atoms with E-state index in [1.54, 1.807) is 0 Å². The average molecular weight is 286 g/mol. The Hall–Kier alpha value is 0.0700. The van der Waals surface area contributed by atoms with Gasteiger partial charge in [-0.1, -0.05) is 20.8 Å². The largest absolute Gasteiger partial charge is 0.308 e. The summed E-state index contributed by atoms with van der Waals surface area (Å²) in [6.45, 7) is 9.20. The van der Waals surface area contributed by atoms with Crippen molar-refractivity contribution in [2.24, 2.45) is 0 Å². The maximum Gasteiger partial charge on any atom is 0.0304 e. The molecule has 0 saturated carbocycles. The number of hydrogen-bond donors (Lipinski definition) is 1. The highest BCUT2D eigenvalue weighted by molar-refractivity contribution is 7.85. The van der Waals surface area contributed by atoms with E-state index in [9.17, 15) is 4.21 Å². The first-order valence-corrected chi connectivity index (χ1v) is 9.48. The fraction of sp³-hybridized carbons (Fsp3) is 1.00. The zero-order valence-corrected chi connectivity index (χ0v) is 13.6. The summed E-state index contributed by atoms with van der Waals surface area (Å²) in [6, 6.07) is 1.34. The van der Waals surface area contributed by atoms with Crippen molar-refractivity contribution in [3.8, 4) is 0 Å². The third-order valence-electron chi connectivity index (χ3n) is 5.32. The van der Waals surface area contributed by atoms with Gasteiger partial charge < -0.3 is 5.32 Å². The summed E-state index contributed by atoms with van der Waals surface area (Å²) >= 11 is 0. The topological polar surface area (TPSA) is 32.3 Å². The predicted octanol–water partition coefficient (Wildman–Crippen LogP) is 2.14.